The lowest BCUT2D eigenvalue weighted by Gasteiger charge is -2.10. The molecule has 0 spiro atoms. The second-order valence-electron chi connectivity index (χ2n) is 7.31. The first-order valence-electron chi connectivity index (χ1n) is 10.7. The monoisotopic (exact) mass is 487 g/mol. The highest BCUT2D eigenvalue weighted by Gasteiger charge is 2.14. The van der Waals surface area contributed by atoms with Crippen molar-refractivity contribution in [2.45, 2.75) is 0 Å². The predicted octanol–water partition coefficient (Wildman–Crippen LogP) is 4.89. The molecule has 0 amide bonds. The van der Waals surface area contributed by atoms with Crippen LogP contribution < -0.4 is 25.0 Å². The molecule has 35 heavy (non-hydrogen) atoms. The van der Waals surface area contributed by atoms with E-state index in [2.05, 4.69) is 15.8 Å². The summed E-state index contributed by atoms with van der Waals surface area (Å²) in [6.45, 7) is 0. The Kier molecular flexibility index (Phi) is 7.59. The number of nitrogens with zero attached hydrogens (tertiary/aromatic N) is 3. The maximum absolute atomic E-state index is 5.48. The maximum Gasteiger partial charge on any atom is 0.191 e. The number of aromatic nitrogens is 2. The van der Waals surface area contributed by atoms with E-state index in [0.717, 1.165) is 28.2 Å². The molecule has 1 aromatic heterocycles. The molecule has 2 N–H and O–H groups in total. The molecule has 0 bridgehead atoms. The first-order chi connectivity index (χ1) is 17.1. The summed E-state index contributed by atoms with van der Waals surface area (Å²) in [7, 11) is 4.81. The Bertz CT molecular complexity index is 1340. The van der Waals surface area contributed by atoms with Gasteiger partial charge in [-0.1, -0.05) is 30.3 Å². The van der Waals surface area contributed by atoms with E-state index in [1.54, 1.807) is 32.2 Å². The number of anilines is 1. The van der Waals surface area contributed by atoms with Crippen LogP contribution in [0.25, 0.3) is 16.9 Å². The van der Waals surface area contributed by atoms with Gasteiger partial charge in [0.05, 0.1) is 38.9 Å². The van der Waals surface area contributed by atoms with Crippen LogP contribution in [0.2, 0.25) is 0 Å². The Morgan fingerprint density at radius 2 is 1.60 bits per heavy atom. The number of ether oxygens (including phenoxy) is 3. The van der Waals surface area contributed by atoms with Gasteiger partial charge < -0.3 is 19.5 Å². The highest BCUT2D eigenvalue weighted by molar-refractivity contribution is 7.80. The van der Waals surface area contributed by atoms with Crippen molar-refractivity contribution in [2.75, 3.05) is 26.6 Å². The van der Waals surface area contributed by atoms with Crippen LogP contribution in [0, 0.1) is 0 Å². The minimum absolute atomic E-state index is 0.328. The first-order valence-corrected chi connectivity index (χ1v) is 11.1. The number of hydrazone groups is 1. The molecular formula is C26H25N5O3S. The molecular weight excluding hydrogens is 462 g/mol. The maximum atomic E-state index is 5.48. The highest BCUT2D eigenvalue weighted by Crippen LogP contribution is 2.33. The van der Waals surface area contributed by atoms with Gasteiger partial charge in [-0.2, -0.15) is 10.2 Å². The van der Waals surface area contributed by atoms with Gasteiger partial charge >= 0.3 is 0 Å². The van der Waals surface area contributed by atoms with Crippen LogP contribution in [-0.2, 0) is 0 Å². The molecule has 0 saturated heterocycles. The fourth-order valence-electron chi connectivity index (χ4n) is 3.46. The van der Waals surface area contributed by atoms with Gasteiger partial charge in [-0.15, -0.1) is 0 Å². The summed E-state index contributed by atoms with van der Waals surface area (Å²) in [6.07, 6.45) is 3.58. The third-order valence-electron chi connectivity index (χ3n) is 5.15. The molecule has 0 saturated carbocycles. The van der Waals surface area contributed by atoms with E-state index in [9.17, 15) is 0 Å². The summed E-state index contributed by atoms with van der Waals surface area (Å²) in [5, 5.41) is 12.6. The summed E-state index contributed by atoms with van der Waals surface area (Å²) in [5.41, 5.74) is 6.89. The molecule has 0 radical (unpaired) electrons. The van der Waals surface area contributed by atoms with E-state index in [1.165, 1.54) is 0 Å². The first kappa shape index (κ1) is 23.8. The van der Waals surface area contributed by atoms with Crippen molar-refractivity contribution in [3.8, 4) is 34.2 Å². The quantitative estimate of drug-likeness (QED) is 0.208. The van der Waals surface area contributed by atoms with Crippen molar-refractivity contribution < 1.29 is 14.2 Å². The van der Waals surface area contributed by atoms with Crippen molar-refractivity contribution in [3.05, 3.63) is 84.6 Å². The zero-order chi connectivity index (χ0) is 24.6. The lowest BCUT2D eigenvalue weighted by atomic mass is 10.1. The number of methoxy groups -OCH3 is 3. The largest absolute Gasteiger partial charge is 0.495 e. The van der Waals surface area contributed by atoms with Crippen LogP contribution in [-0.4, -0.2) is 42.4 Å². The van der Waals surface area contributed by atoms with Crippen molar-refractivity contribution >= 4 is 29.2 Å². The second-order valence-corrected chi connectivity index (χ2v) is 7.72. The lowest BCUT2D eigenvalue weighted by Crippen LogP contribution is -2.24. The molecule has 9 heteroatoms. The summed E-state index contributed by atoms with van der Waals surface area (Å²) in [5.74, 6) is 1.94. The van der Waals surface area contributed by atoms with Crippen LogP contribution in [0.15, 0.2) is 84.1 Å². The van der Waals surface area contributed by atoms with Crippen molar-refractivity contribution in [3.63, 3.8) is 0 Å². The van der Waals surface area contributed by atoms with Crippen LogP contribution in [0.4, 0.5) is 5.69 Å². The van der Waals surface area contributed by atoms with Gasteiger partial charge in [0, 0.05) is 17.3 Å². The van der Waals surface area contributed by atoms with E-state index in [1.807, 2.05) is 79.0 Å². The van der Waals surface area contributed by atoms with E-state index in [-0.39, 0.29) is 0 Å². The predicted molar refractivity (Wildman–Crippen MR) is 142 cm³/mol. The standard InChI is InChI=1S/C26H25N5O3S/c1-32-22-12-8-7-11-21(22)28-26(35)29-27-16-19-17-31(20-9-5-4-6-10-20)30-25(19)18-13-14-23(33-2)24(15-18)34-3/h4-17H,1-3H3,(H2,28,29,35)/b27-16-. The molecule has 1 heterocycles. The van der Waals surface area contributed by atoms with Gasteiger partial charge in [-0.05, 0) is 54.7 Å². The Labute approximate surface area is 209 Å². The van der Waals surface area contributed by atoms with Gasteiger partial charge in [0.25, 0.3) is 0 Å². The summed E-state index contributed by atoms with van der Waals surface area (Å²) in [4.78, 5) is 0. The molecule has 8 nitrogen and oxygen atoms in total. The Balaban J connectivity index is 1.61. The van der Waals surface area contributed by atoms with Gasteiger partial charge in [-0.3, -0.25) is 5.43 Å². The van der Waals surface area contributed by atoms with Crippen molar-refractivity contribution in [1.29, 1.82) is 0 Å². The number of rotatable bonds is 8. The highest BCUT2D eigenvalue weighted by atomic mass is 32.1. The molecule has 0 aliphatic heterocycles. The SMILES string of the molecule is COc1ccccc1NC(=S)N/N=C\c1cn(-c2ccccc2)nc1-c1ccc(OC)c(OC)c1. The number of thiocarbonyl (C=S) groups is 1. The zero-order valence-corrected chi connectivity index (χ0v) is 20.4. The fourth-order valence-corrected chi connectivity index (χ4v) is 3.62. The number of para-hydroxylation sites is 3. The minimum Gasteiger partial charge on any atom is -0.495 e. The summed E-state index contributed by atoms with van der Waals surface area (Å²) < 4.78 is 18.0. The average Bonchev–Trinajstić information content (AvgIpc) is 3.33. The Morgan fingerprint density at radius 1 is 0.886 bits per heavy atom. The minimum atomic E-state index is 0.328. The summed E-state index contributed by atoms with van der Waals surface area (Å²) in [6, 6.07) is 23.0. The molecule has 0 aliphatic rings. The number of nitrogens with one attached hydrogen (secondary N) is 2. The average molecular weight is 488 g/mol. The molecule has 3 aromatic carbocycles. The van der Waals surface area contributed by atoms with Crippen LogP contribution >= 0.6 is 12.2 Å². The molecule has 4 aromatic rings. The Morgan fingerprint density at radius 3 is 2.34 bits per heavy atom. The fraction of sp³-hybridized carbons (Fsp3) is 0.115. The molecule has 0 atom stereocenters. The van der Waals surface area contributed by atoms with E-state index in [0.29, 0.717) is 22.4 Å². The van der Waals surface area contributed by atoms with Crippen molar-refractivity contribution in [1.82, 2.24) is 15.2 Å². The van der Waals surface area contributed by atoms with E-state index in [4.69, 9.17) is 31.5 Å². The third-order valence-corrected chi connectivity index (χ3v) is 5.34. The molecule has 0 unspecified atom stereocenters. The number of hydrogen-bond acceptors (Lipinski definition) is 6. The summed E-state index contributed by atoms with van der Waals surface area (Å²) >= 11 is 5.38. The molecule has 178 valence electrons. The lowest BCUT2D eigenvalue weighted by molar-refractivity contribution is 0.355. The molecule has 0 fully saturated rings. The van der Waals surface area contributed by atoms with Crippen LogP contribution in [0.3, 0.4) is 0 Å². The topological polar surface area (TPSA) is 81.9 Å². The van der Waals surface area contributed by atoms with E-state index < -0.39 is 0 Å². The third kappa shape index (κ3) is 5.59. The normalized spacial score (nSPS) is 10.7. The van der Waals surface area contributed by atoms with Crippen LogP contribution in [0.1, 0.15) is 5.56 Å². The number of benzene rings is 3. The van der Waals surface area contributed by atoms with Crippen LogP contribution in [0.5, 0.6) is 17.2 Å². The zero-order valence-electron chi connectivity index (χ0n) is 19.6. The van der Waals surface area contributed by atoms with Gasteiger partial charge in [-0.25, -0.2) is 4.68 Å². The smallest absolute Gasteiger partial charge is 0.191 e. The second kappa shape index (κ2) is 11.2. The number of hydrogen-bond donors (Lipinski definition) is 2. The van der Waals surface area contributed by atoms with Gasteiger partial charge in [0.1, 0.15) is 11.4 Å². The molecule has 4 rings (SSSR count). The Hall–Kier alpha value is -4.37. The van der Waals surface area contributed by atoms with Gasteiger partial charge in [0.15, 0.2) is 16.6 Å². The van der Waals surface area contributed by atoms with E-state index >= 15 is 0 Å². The van der Waals surface area contributed by atoms with Gasteiger partial charge in [0.2, 0.25) is 0 Å². The molecule has 0 aliphatic carbocycles. The van der Waals surface area contributed by atoms with Crippen molar-refractivity contribution in [2.24, 2.45) is 5.10 Å².